The molecule has 0 atom stereocenters. The lowest BCUT2D eigenvalue weighted by molar-refractivity contribution is -0.117. The van der Waals surface area contributed by atoms with Crippen molar-refractivity contribution in [3.63, 3.8) is 0 Å². The predicted molar refractivity (Wildman–Crippen MR) is 102 cm³/mol. The number of hydrogen-bond acceptors (Lipinski definition) is 4. The van der Waals surface area contributed by atoms with Crippen LogP contribution in [0.4, 0.5) is 8.78 Å². The highest BCUT2D eigenvalue weighted by Crippen LogP contribution is 2.27. The largest absolute Gasteiger partial charge is 0.340 e. The SMILES string of the molecule is CC(=N)/C(=C1\NC(=O)C(C)=C(c2ccc(C#N)cc2)N1)c1ccc(F)cc1F. The van der Waals surface area contributed by atoms with Gasteiger partial charge in [0.1, 0.15) is 17.5 Å². The molecule has 2 aromatic carbocycles. The van der Waals surface area contributed by atoms with E-state index in [0.29, 0.717) is 22.4 Å². The van der Waals surface area contributed by atoms with Crippen LogP contribution >= 0.6 is 0 Å². The van der Waals surface area contributed by atoms with Crippen LogP contribution in [-0.4, -0.2) is 11.6 Å². The van der Waals surface area contributed by atoms with Crippen molar-refractivity contribution < 1.29 is 13.6 Å². The minimum atomic E-state index is -0.837. The summed E-state index contributed by atoms with van der Waals surface area (Å²) in [6.07, 6.45) is 0. The molecule has 0 bridgehead atoms. The molecule has 0 fully saturated rings. The lowest BCUT2D eigenvalue weighted by Gasteiger charge is -2.26. The summed E-state index contributed by atoms with van der Waals surface area (Å²) >= 11 is 0. The van der Waals surface area contributed by atoms with E-state index in [1.165, 1.54) is 13.0 Å². The lowest BCUT2D eigenvalue weighted by Crippen LogP contribution is -2.39. The van der Waals surface area contributed by atoms with E-state index in [1.54, 1.807) is 31.2 Å². The molecule has 0 aliphatic carbocycles. The van der Waals surface area contributed by atoms with Crippen LogP contribution in [0.1, 0.15) is 30.5 Å². The third-order valence-corrected chi connectivity index (χ3v) is 4.33. The van der Waals surface area contributed by atoms with Crippen molar-refractivity contribution in [3.05, 3.63) is 82.2 Å². The van der Waals surface area contributed by atoms with Crippen molar-refractivity contribution in [1.82, 2.24) is 10.6 Å². The number of nitriles is 1. The maximum atomic E-state index is 14.3. The minimum absolute atomic E-state index is 0.00423. The molecular formula is C21H16F2N4O. The molecule has 1 aliphatic rings. The summed E-state index contributed by atoms with van der Waals surface area (Å²) < 4.78 is 27.6. The monoisotopic (exact) mass is 378 g/mol. The van der Waals surface area contributed by atoms with Gasteiger partial charge >= 0.3 is 0 Å². The first-order valence-electron chi connectivity index (χ1n) is 8.37. The first-order valence-corrected chi connectivity index (χ1v) is 8.37. The van der Waals surface area contributed by atoms with Crippen LogP contribution in [0, 0.1) is 28.4 Å². The predicted octanol–water partition coefficient (Wildman–Crippen LogP) is 3.70. The van der Waals surface area contributed by atoms with Gasteiger partial charge < -0.3 is 16.0 Å². The van der Waals surface area contributed by atoms with Gasteiger partial charge in [-0.1, -0.05) is 12.1 Å². The van der Waals surface area contributed by atoms with Crippen LogP contribution in [0.3, 0.4) is 0 Å². The molecule has 3 N–H and O–H groups in total. The highest BCUT2D eigenvalue weighted by Gasteiger charge is 2.25. The lowest BCUT2D eigenvalue weighted by atomic mass is 9.98. The second-order valence-corrected chi connectivity index (χ2v) is 6.27. The molecule has 0 saturated heterocycles. The van der Waals surface area contributed by atoms with E-state index in [1.807, 2.05) is 6.07 Å². The summed E-state index contributed by atoms with van der Waals surface area (Å²) in [6, 6.07) is 11.7. The van der Waals surface area contributed by atoms with E-state index in [2.05, 4.69) is 10.6 Å². The summed E-state index contributed by atoms with van der Waals surface area (Å²) in [7, 11) is 0. The van der Waals surface area contributed by atoms with Crippen LogP contribution in [0.25, 0.3) is 11.3 Å². The van der Waals surface area contributed by atoms with Crippen molar-refractivity contribution in [2.24, 2.45) is 0 Å². The standard InChI is InChI=1S/C21H16F2N4O/c1-11-19(14-5-3-13(10-24)4-6-14)26-20(27-21(11)28)18(12(2)25)16-8-7-15(22)9-17(16)23/h3-9,25-26H,1-2H3,(H,27,28)/b20-18+,25-12?. The highest BCUT2D eigenvalue weighted by atomic mass is 19.1. The number of halogens is 2. The van der Waals surface area contributed by atoms with Crippen LogP contribution in [0.5, 0.6) is 0 Å². The fraction of sp³-hybridized carbons (Fsp3) is 0.0952. The first kappa shape index (κ1) is 19.0. The van der Waals surface area contributed by atoms with Crippen molar-refractivity contribution in [3.8, 4) is 6.07 Å². The van der Waals surface area contributed by atoms with E-state index >= 15 is 0 Å². The number of allylic oxidation sites excluding steroid dienone is 1. The third-order valence-electron chi connectivity index (χ3n) is 4.33. The summed E-state index contributed by atoms with van der Waals surface area (Å²) in [6.45, 7) is 3.08. The molecule has 5 nitrogen and oxygen atoms in total. The average molecular weight is 378 g/mol. The number of carbonyl (C=O) groups is 1. The quantitative estimate of drug-likeness (QED) is 0.712. The molecule has 0 radical (unpaired) electrons. The fourth-order valence-electron chi connectivity index (χ4n) is 2.91. The van der Waals surface area contributed by atoms with E-state index in [-0.39, 0.29) is 22.7 Å². The second-order valence-electron chi connectivity index (χ2n) is 6.27. The molecule has 0 unspecified atom stereocenters. The summed E-state index contributed by atoms with van der Waals surface area (Å²) in [5.74, 6) is -1.85. The Balaban J connectivity index is 2.14. The molecule has 1 heterocycles. The van der Waals surface area contributed by atoms with Gasteiger partial charge in [0, 0.05) is 28.5 Å². The molecule has 1 amide bonds. The molecular weight excluding hydrogens is 362 g/mol. The number of rotatable bonds is 3. The molecule has 3 rings (SSSR count). The Morgan fingerprint density at radius 3 is 2.36 bits per heavy atom. The molecule has 7 heteroatoms. The molecule has 2 aromatic rings. The highest BCUT2D eigenvalue weighted by molar-refractivity contribution is 6.23. The Kier molecular flexibility index (Phi) is 5.05. The van der Waals surface area contributed by atoms with Gasteiger partial charge in [0.15, 0.2) is 0 Å². The number of nitrogens with one attached hydrogen (secondary N) is 3. The van der Waals surface area contributed by atoms with Gasteiger partial charge in [-0.2, -0.15) is 5.26 Å². The molecule has 0 aromatic heterocycles. The summed E-state index contributed by atoms with van der Waals surface area (Å²) in [5, 5.41) is 22.7. The Morgan fingerprint density at radius 2 is 1.79 bits per heavy atom. The number of nitrogens with zero attached hydrogens (tertiary/aromatic N) is 1. The average Bonchev–Trinajstić information content (AvgIpc) is 2.66. The van der Waals surface area contributed by atoms with E-state index in [0.717, 1.165) is 12.1 Å². The Hall–Kier alpha value is -3.79. The summed E-state index contributed by atoms with van der Waals surface area (Å²) in [4.78, 5) is 12.5. The molecule has 28 heavy (non-hydrogen) atoms. The molecule has 1 aliphatic heterocycles. The zero-order valence-corrected chi connectivity index (χ0v) is 15.2. The van der Waals surface area contributed by atoms with Gasteiger partial charge in [-0.15, -0.1) is 0 Å². The van der Waals surface area contributed by atoms with Crippen LogP contribution in [-0.2, 0) is 4.79 Å². The molecule has 0 spiro atoms. The molecule has 140 valence electrons. The number of carbonyl (C=O) groups excluding carboxylic acids is 1. The zero-order valence-electron chi connectivity index (χ0n) is 15.2. The maximum Gasteiger partial charge on any atom is 0.254 e. The normalized spacial score (nSPS) is 15.5. The first-order chi connectivity index (χ1) is 13.3. The number of hydrogen-bond donors (Lipinski definition) is 3. The van der Waals surface area contributed by atoms with E-state index < -0.39 is 17.5 Å². The number of benzene rings is 2. The van der Waals surface area contributed by atoms with Gasteiger partial charge in [-0.25, -0.2) is 8.78 Å². The van der Waals surface area contributed by atoms with Crippen molar-refractivity contribution in [2.45, 2.75) is 13.8 Å². The minimum Gasteiger partial charge on any atom is -0.340 e. The van der Waals surface area contributed by atoms with Gasteiger partial charge in [0.25, 0.3) is 5.91 Å². The van der Waals surface area contributed by atoms with Gasteiger partial charge in [-0.05, 0) is 43.7 Å². The Bertz CT molecular complexity index is 1090. The van der Waals surface area contributed by atoms with Crippen LogP contribution < -0.4 is 10.6 Å². The Labute approximate surface area is 160 Å². The van der Waals surface area contributed by atoms with E-state index in [4.69, 9.17) is 10.7 Å². The maximum absolute atomic E-state index is 14.3. The van der Waals surface area contributed by atoms with Gasteiger partial charge in [0.2, 0.25) is 0 Å². The van der Waals surface area contributed by atoms with Crippen LogP contribution in [0.2, 0.25) is 0 Å². The smallest absolute Gasteiger partial charge is 0.254 e. The zero-order chi connectivity index (χ0) is 20.4. The van der Waals surface area contributed by atoms with Crippen molar-refractivity contribution in [1.29, 1.82) is 10.7 Å². The molecule has 0 saturated carbocycles. The van der Waals surface area contributed by atoms with Crippen molar-refractivity contribution >= 4 is 22.9 Å². The topological polar surface area (TPSA) is 88.8 Å². The van der Waals surface area contributed by atoms with Crippen molar-refractivity contribution in [2.75, 3.05) is 0 Å². The van der Waals surface area contributed by atoms with Gasteiger partial charge in [0.05, 0.1) is 17.3 Å². The van der Waals surface area contributed by atoms with Crippen LogP contribution in [0.15, 0.2) is 53.9 Å². The summed E-state index contributed by atoms with van der Waals surface area (Å²) in [5.41, 5.74) is 2.11. The number of amides is 1. The fourth-order valence-corrected chi connectivity index (χ4v) is 2.91. The third kappa shape index (κ3) is 3.53. The van der Waals surface area contributed by atoms with E-state index in [9.17, 15) is 13.6 Å². The van der Waals surface area contributed by atoms with Gasteiger partial charge in [-0.3, -0.25) is 4.79 Å². The Morgan fingerprint density at radius 1 is 1.11 bits per heavy atom. The second kappa shape index (κ2) is 7.45.